The van der Waals surface area contributed by atoms with E-state index in [1.807, 2.05) is 35.4 Å². The van der Waals surface area contributed by atoms with Gasteiger partial charge in [0.05, 0.1) is 6.04 Å². The molecule has 1 unspecified atom stereocenters. The van der Waals surface area contributed by atoms with Crippen molar-refractivity contribution in [1.82, 2.24) is 9.96 Å². The quantitative estimate of drug-likeness (QED) is 0.374. The van der Waals surface area contributed by atoms with Gasteiger partial charge in [-0.15, -0.1) is 0 Å². The third kappa shape index (κ3) is 5.30. The number of hydroxylamine groups is 2. The molecule has 1 N–H and O–H groups in total. The Morgan fingerprint density at radius 1 is 0.850 bits per heavy atom. The highest BCUT2D eigenvalue weighted by Gasteiger charge is 2.54. The van der Waals surface area contributed by atoms with Crippen molar-refractivity contribution in [3.8, 4) is 0 Å². The topological polar surface area (TPSA) is 53.0 Å². The number of aliphatic hydroxyl groups is 1. The van der Waals surface area contributed by atoms with Crippen molar-refractivity contribution in [3.63, 3.8) is 0 Å². The summed E-state index contributed by atoms with van der Waals surface area (Å²) in [5.41, 5.74) is -0.591. The predicted octanol–water partition coefficient (Wildman–Crippen LogP) is 6.35. The van der Waals surface area contributed by atoms with Crippen molar-refractivity contribution in [1.29, 1.82) is 0 Å². The summed E-state index contributed by atoms with van der Waals surface area (Å²) in [6.07, 6.45) is 2.29. The van der Waals surface area contributed by atoms with Crippen LogP contribution in [-0.2, 0) is 21.8 Å². The molecule has 212 valence electrons. The van der Waals surface area contributed by atoms with Crippen molar-refractivity contribution in [2.24, 2.45) is 0 Å². The molecular weight excluding hydrogens is 510 g/mol. The molecule has 0 saturated carbocycles. The van der Waals surface area contributed by atoms with Gasteiger partial charge in [-0.2, -0.15) is 5.06 Å². The Hall–Kier alpha value is -3.13. The predicted molar refractivity (Wildman–Crippen MR) is 150 cm³/mol. The Labute approximate surface area is 235 Å². The first-order valence-electron chi connectivity index (χ1n) is 14.0. The Morgan fingerprint density at radius 3 is 1.85 bits per heavy atom. The van der Waals surface area contributed by atoms with Gasteiger partial charge in [0.2, 0.25) is 0 Å². The first-order chi connectivity index (χ1) is 18.9. The zero-order chi connectivity index (χ0) is 28.7. The van der Waals surface area contributed by atoms with E-state index in [9.17, 15) is 18.7 Å². The van der Waals surface area contributed by atoms with Crippen LogP contribution in [0.25, 0.3) is 0 Å². The van der Waals surface area contributed by atoms with Gasteiger partial charge in [-0.1, -0.05) is 54.6 Å². The van der Waals surface area contributed by atoms with Crippen molar-refractivity contribution in [2.75, 3.05) is 0 Å². The molecule has 2 fully saturated rings. The molecule has 2 aliphatic heterocycles. The van der Waals surface area contributed by atoms with Crippen LogP contribution in [0, 0.1) is 11.6 Å². The first kappa shape index (κ1) is 28.4. The number of nitrogens with zero attached hydrogens (tertiary/aromatic N) is 2. The standard InChI is InChI=1S/C33H38F2N2O3/c1-31(2)19-8-20-32(3,4)37(31)40-28-21-29(36(30(28)38)22-23-9-6-5-7-10-23)33(39,24-11-15-26(34)16-12-24)25-13-17-27(35)18-14-25/h5-7,9-18,28-29,39H,8,19-22H2,1-4H3/t28?,29-/m0/s1. The van der Waals surface area contributed by atoms with Gasteiger partial charge in [0.15, 0.2) is 6.10 Å². The van der Waals surface area contributed by atoms with Crippen LogP contribution in [0.2, 0.25) is 0 Å². The zero-order valence-electron chi connectivity index (χ0n) is 23.6. The van der Waals surface area contributed by atoms with Crippen molar-refractivity contribution >= 4 is 5.91 Å². The maximum absolute atomic E-state index is 14.2. The lowest BCUT2D eigenvalue weighted by atomic mass is 9.78. The maximum Gasteiger partial charge on any atom is 0.254 e. The average molecular weight is 549 g/mol. The summed E-state index contributed by atoms with van der Waals surface area (Å²) in [7, 11) is 0. The van der Waals surface area contributed by atoms with E-state index in [0.29, 0.717) is 11.1 Å². The maximum atomic E-state index is 14.2. The van der Waals surface area contributed by atoms with Crippen LogP contribution in [0.4, 0.5) is 8.78 Å². The third-order valence-corrected chi connectivity index (χ3v) is 8.53. The summed E-state index contributed by atoms with van der Waals surface area (Å²) < 4.78 is 28.0. The number of carbonyl (C=O) groups is 1. The minimum absolute atomic E-state index is 0.194. The van der Waals surface area contributed by atoms with Gasteiger partial charge < -0.3 is 10.0 Å². The van der Waals surface area contributed by atoms with Crippen molar-refractivity contribution < 1.29 is 23.5 Å². The number of amides is 1. The van der Waals surface area contributed by atoms with Crippen LogP contribution < -0.4 is 0 Å². The van der Waals surface area contributed by atoms with Crippen LogP contribution in [0.5, 0.6) is 0 Å². The highest BCUT2D eigenvalue weighted by Crippen LogP contribution is 2.45. The highest BCUT2D eigenvalue weighted by atomic mass is 19.1. The molecule has 5 rings (SSSR count). The third-order valence-electron chi connectivity index (χ3n) is 8.53. The lowest BCUT2D eigenvalue weighted by Crippen LogP contribution is -2.59. The Bertz CT molecular complexity index is 1260. The molecule has 0 spiro atoms. The number of likely N-dealkylation sites (tertiary alicyclic amines) is 1. The van der Waals surface area contributed by atoms with E-state index in [0.717, 1.165) is 24.8 Å². The first-order valence-corrected chi connectivity index (χ1v) is 14.0. The van der Waals surface area contributed by atoms with Crippen LogP contribution in [-0.4, -0.2) is 44.2 Å². The zero-order valence-corrected chi connectivity index (χ0v) is 23.6. The van der Waals surface area contributed by atoms with Gasteiger partial charge in [-0.3, -0.25) is 9.63 Å². The Kier molecular flexibility index (Phi) is 7.59. The number of hydrogen-bond donors (Lipinski definition) is 1. The normalized spacial score (nSPS) is 23.0. The largest absolute Gasteiger partial charge is 0.378 e. The van der Waals surface area contributed by atoms with Gasteiger partial charge >= 0.3 is 0 Å². The molecule has 0 aliphatic carbocycles. The smallest absolute Gasteiger partial charge is 0.254 e. The molecule has 5 nitrogen and oxygen atoms in total. The summed E-state index contributed by atoms with van der Waals surface area (Å²) >= 11 is 0. The van der Waals surface area contributed by atoms with E-state index in [2.05, 4.69) is 27.7 Å². The second-order valence-electron chi connectivity index (χ2n) is 12.4. The fourth-order valence-electron chi connectivity index (χ4n) is 6.57. The molecule has 2 saturated heterocycles. The molecule has 0 bridgehead atoms. The van der Waals surface area contributed by atoms with Crippen molar-refractivity contribution in [2.45, 2.75) is 88.7 Å². The molecule has 2 heterocycles. The average Bonchev–Trinajstić information content (AvgIpc) is 3.22. The summed E-state index contributed by atoms with van der Waals surface area (Å²) in [6.45, 7) is 8.75. The number of benzene rings is 3. The number of hydrogen-bond acceptors (Lipinski definition) is 4. The molecule has 2 aliphatic rings. The molecule has 1 amide bonds. The lowest BCUT2D eigenvalue weighted by molar-refractivity contribution is -0.298. The fourth-order valence-corrected chi connectivity index (χ4v) is 6.57. The van der Waals surface area contributed by atoms with E-state index < -0.39 is 29.4 Å². The van der Waals surface area contributed by atoms with Crippen LogP contribution in [0.3, 0.4) is 0 Å². The molecule has 3 aromatic carbocycles. The Balaban J connectivity index is 1.60. The van der Waals surface area contributed by atoms with E-state index in [-0.39, 0.29) is 30.0 Å². The summed E-state index contributed by atoms with van der Waals surface area (Å²) in [5, 5.41) is 14.6. The van der Waals surface area contributed by atoms with Crippen LogP contribution in [0.1, 0.15) is 70.1 Å². The van der Waals surface area contributed by atoms with Gasteiger partial charge in [0.25, 0.3) is 5.91 Å². The number of halogens is 2. The minimum atomic E-state index is -1.75. The monoisotopic (exact) mass is 548 g/mol. The van der Waals surface area contributed by atoms with Crippen LogP contribution in [0.15, 0.2) is 78.9 Å². The SMILES string of the molecule is CC1(C)CCCC(C)(C)N1OC1C[C@@H](C(O)(c2ccc(F)cc2)c2ccc(F)cc2)N(Cc2ccccc2)C1=O. The molecule has 3 aromatic rings. The van der Waals surface area contributed by atoms with Gasteiger partial charge in [-0.05, 0) is 87.9 Å². The second-order valence-corrected chi connectivity index (χ2v) is 12.4. The summed E-state index contributed by atoms with van der Waals surface area (Å²) in [5.74, 6) is -1.11. The summed E-state index contributed by atoms with van der Waals surface area (Å²) in [4.78, 5) is 22.4. The number of rotatable bonds is 7. The van der Waals surface area contributed by atoms with Gasteiger partial charge in [0.1, 0.15) is 17.2 Å². The van der Waals surface area contributed by atoms with Crippen LogP contribution >= 0.6 is 0 Å². The summed E-state index contributed by atoms with van der Waals surface area (Å²) in [6, 6.07) is 20.1. The molecule has 40 heavy (non-hydrogen) atoms. The van der Waals surface area contributed by atoms with E-state index in [1.165, 1.54) is 48.5 Å². The molecule has 7 heteroatoms. The Morgan fingerprint density at radius 2 is 1.35 bits per heavy atom. The molecule has 2 atom stereocenters. The molecular formula is C33H38F2N2O3. The van der Waals surface area contributed by atoms with E-state index >= 15 is 0 Å². The molecule has 0 radical (unpaired) electrons. The van der Waals surface area contributed by atoms with Gasteiger partial charge in [0, 0.05) is 24.0 Å². The molecule has 0 aromatic heterocycles. The van der Waals surface area contributed by atoms with Crippen molar-refractivity contribution in [3.05, 3.63) is 107 Å². The van der Waals surface area contributed by atoms with Gasteiger partial charge in [-0.25, -0.2) is 8.78 Å². The fraction of sp³-hybridized carbons (Fsp3) is 0.424. The number of piperidine rings is 1. The second kappa shape index (κ2) is 10.7. The lowest BCUT2D eigenvalue weighted by Gasteiger charge is -2.52. The number of carbonyl (C=O) groups excluding carboxylic acids is 1. The van der Waals surface area contributed by atoms with E-state index in [4.69, 9.17) is 4.84 Å². The minimum Gasteiger partial charge on any atom is -0.378 e. The van der Waals surface area contributed by atoms with E-state index in [1.54, 1.807) is 4.90 Å². The highest BCUT2D eigenvalue weighted by molar-refractivity contribution is 5.84.